The number of nitrogens with one attached hydrogen (secondary N) is 1. The largest absolute Gasteiger partial charge is 0.497 e. The third-order valence-corrected chi connectivity index (χ3v) is 3.48. The highest BCUT2D eigenvalue weighted by molar-refractivity contribution is 5.39. The molecule has 1 aromatic rings. The summed E-state index contributed by atoms with van der Waals surface area (Å²) in [5.74, 6) is 0.245. The normalized spacial score (nSPS) is 24.3. The van der Waals surface area contributed by atoms with Crippen LogP contribution in [0.4, 0.5) is 13.2 Å². The number of methoxy groups -OCH3 is 1. The van der Waals surface area contributed by atoms with E-state index in [2.05, 4.69) is 5.32 Å². The number of halogens is 3. The van der Waals surface area contributed by atoms with Crippen LogP contribution in [-0.4, -0.2) is 13.7 Å². The van der Waals surface area contributed by atoms with Gasteiger partial charge in [0.05, 0.1) is 12.7 Å². The molecule has 0 aromatic heterocycles. The van der Waals surface area contributed by atoms with E-state index in [4.69, 9.17) is 4.74 Å². The predicted molar refractivity (Wildman–Crippen MR) is 62.6 cm³/mol. The molecule has 1 aliphatic rings. The molecule has 1 aliphatic heterocycles. The third kappa shape index (κ3) is 2.46. The summed E-state index contributed by atoms with van der Waals surface area (Å²) in [5, 5.41) is 3.26. The molecule has 0 aliphatic carbocycles. The summed E-state index contributed by atoms with van der Waals surface area (Å²) >= 11 is 0. The second kappa shape index (κ2) is 4.46. The lowest BCUT2D eigenvalue weighted by Gasteiger charge is -2.26. The molecule has 1 aromatic carbocycles. The molecule has 1 N–H and O–H groups in total. The van der Waals surface area contributed by atoms with Crippen molar-refractivity contribution in [1.29, 1.82) is 0 Å². The van der Waals surface area contributed by atoms with Gasteiger partial charge in [-0.25, -0.2) is 0 Å². The topological polar surface area (TPSA) is 21.3 Å². The standard InChI is InChI=1S/C13H16F3NO/c1-12(4-3-5-17-12)9-6-10(13(14,15)16)8-11(7-9)18-2/h6-8,17H,3-5H2,1-2H3. The second-order valence-corrected chi connectivity index (χ2v) is 4.81. The molecule has 1 atom stereocenters. The van der Waals surface area contributed by atoms with Crippen LogP contribution in [0, 0.1) is 0 Å². The maximum atomic E-state index is 12.8. The molecular weight excluding hydrogens is 243 g/mol. The highest BCUT2D eigenvalue weighted by atomic mass is 19.4. The Labute approximate surface area is 104 Å². The molecule has 0 radical (unpaired) electrons. The minimum Gasteiger partial charge on any atom is -0.497 e. The molecule has 1 heterocycles. The molecule has 2 rings (SSSR count). The van der Waals surface area contributed by atoms with Crippen molar-refractivity contribution in [2.75, 3.05) is 13.7 Å². The first kappa shape index (κ1) is 13.2. The van der Waals surface area contributed by atoms with E-state index in [9.17, 15) is 13.2 Å². The molecule has 1 saturated heterocycles. The van der Waals surface area contributed by atoms with Gasteiger partial charge in [-0.1, -0.05) is 0 Å². The Bertz CT molecular complexity index is 436. The Hall–Kier alpha value is -1.23. The first-order chi connectivity index (χ1) is 8.35. The number of alkyl halides is 3. The molecule has 1 unspecified atom stereocenters. The van der Waals surface area contributed by atoms with E-state index in [-0.39, 0.29) is 5.75 Å². The fraction of sp³-hybridized carbons (Fsp3) is 0.538. The highest BCUT2D eigenvalue weighted by Gasteiger charge is 2.35. The average molecular weight is 259 g/mol. The minimum atomic E-state index is -4.35. The number of benzene rings is 1. The monoisotopic (exact) mass is 259 g/mol. The first-order valence-corrected chi connectivity index (χ1v) is 5.87. The zero-order chi connectivity index (χ0) is 13.4. The maximum Gasteiger partial charge on any atom is 0.416 e. The molecule has 0 bridgehead atoms. The Morgan fingerprint density at radius 1 is 1.28 bits per heavy atom. The molecule has 0 amide bonds. The maximum absolute atomic E-state index is 12.8. The second-order valence-electron chi connectivity index (χ2n) is 4.81. The zero-order valence-corrected chi connectivity index (χ0v) is 10.4. The van der Waals surface area contributed by atoms with Crippen molar-refractivity contribution in [1.82, 2.24) is 5.32 Å². The predicted octanol–water partition coefficient (Wildman–Crippen LogP) is 3.31. The summed E-state index contributed by atoms with van der Waals surface area (Å²) in [6, 6.07) is 3.91. The van der Waals surface area contributed by atoms with Crippen LogP contribution >= 0.6 is 0 Å². The summed E-state index contributed by atoms with van der Waals surface area (Å²) in [4.78, 5) is 0. The van der Waals surface area contributed by atoms with Crippen LogP contribution in [-0.2, 0) is 11.7 Å². The van der Waals surface area contributed by atoms with E-state index in [0.29, 0.717) is 5.56 Å². The molecule has 18 heavy (non-hydrogen) atoms. The minimum absolute atomic E-state index is 0.245. The summed E-state index contributed by atoms with van der Waals surface area (Å²) in [6.07, 6.45) is -2.55. The van der Waals surface area contributed by atoms with Crippen LogP contribution in [0.25, 0.3) is 0 Å². The SMILES string of the molecule is COc1cc(C(F)(F)F)cc(C2(C)CCCN2)c1. The van der Waals surface area contributed by atoms with Gasteiger partial charge in [0, 0.05) is 5.54 Å². The van der Waals surface area contributed by atoms with Crippen molar-refractivity contribution >= 4 is 0 Å². The van der Waals surface area contributed by atoms with Crippen LogP contribution in [0.2, 0.25) is 0 Å². The number of rotatable bonds is 2. The Morgan fingerprint density at radius 3 is 2.50 bits per heavy atom. The Balaban J connectivity index is 2.47. The lowest BCUT2D eigenvalue weighted by molar-refractivity contribution is -0.137. The third-order valence-electron chi connectivity index (χ3n) is 3.48. The van der Waals surface area contributed by atoms with E-state index in [1.54, 1.807) is 6.07 Å². The van der Waals surface area contributed by atoms with Gasteiger partial charge in [0.25, 0.3) is 0 Å². The van der Waals surface area contributed by atoms with E-state index < -0.39 is 17.3 Å². The van der Waals surface area contributed by atoms with Gasteiger partial charge in [0.2, 0.25) is 0 Å². The van der Waals surface area contributed by atoms with Crippen molar-refractivity contribution in [3.63, 3.8) is 0 Å². The van der Waals surface area contributed by atoms with Crippen molar-refractivity contribution in [3.05, 3.63) is 29.3 Å². The summed E-state index contributed by atoms with van der Waals surface area (Å²) in [6.45, 7) is 2.75. The van der Waals surface area contributed by atoms with Gasteiger partial charge in [0.1, 0.15) is 5.75 Å². The molecule has 1 fully saturated rings. The number of ether oxygens (including phenoxy) is 1. The summed E-state index contributed by atoms with van der Waals surface area (Å²) in [5.41, 5.74) is -0.424. The molecule has 100 valence electrons. The fourth-order valence-electron chi connectivity index (χ4n) is 2.34. The van der Waals surface area contributed by atoms with Crippen molar-refractivity contribution in [2.24, 2.45) is 0 Å². The van der Waals surface area contributed by atoms with Gasteiger partial charge in [-0.05, 0) is 50.1 Å². The smallest absolute Gasteiger partial charge is 0.416 e. The summed E-state index contributed by atoms with van der Waals surface area (Å²) < 4.78 is 43.4. The van der Waals surface area contributed by atoms with Crippen LogP contribution in [0.1, 0.15) is 30.9 Å². The molecular formula is C13H16F3NO. The van der Waals surface area contributed by atoms with Gasteiger partial charge < -0.3 is 10.1 Å². The van der Waals surface area contributed by atoms with Crippen LogP contribution < -0.4 is 10.1 Å². The Morgan fingerprint density at radius 2 is 2.00 bits per heavy atom. The first-order valence-electron chi connectivity index (χ1n) is 5.87. The molecule has 2 nitrogen and oxygen atoms in total. The fourth-order valence-corrected chi connectivity index (χ4v) is 2.34. The van der Waals surface area contributed by atoms with Gasteiger partial charge in [0.15, 0.2) is 0 Å². The highest BCUT2D eigenvalue weighted by Crippen LogP contribution is 2.38. The van der Waals surface area contributed by atoms with Gasteiger partial charge >= 0.3 is 6.18 Å². The van der Waals surface area contributed by atoms with E-state index >= 15 is 0 Å². The van der Waals surface area contributed by atoms with E-state index in [1.165, 1.54) is 13.2 Å². The van der Waals surface area contributed by atoms with Crippen LogP contribution in [0.5, 0.6) is 5.75 Å². The Kier molecular flexibility index (Phi) is 3.27. The molecule has 5 heteroatoms. The average Bonchev–Trinajstić information content (AvgIpc) is 2.76. The zero-order valence-electron chi connectivity index (χ0n) is 10.4. The van der Waals surface area contributed by atoms with Crippen molar-refractivity contribution < 1.29 is 17.9 Å². The lowest BCUT2D eigenvalue weighted by atomic mass is 9.89. The number of hydrogen-bond donors (Lipinski definition) is 1. The number of hydrogen-bond acceptors (Lipinski definition) is 2. The lowest BCUT2D eigenvalue weighted by Crippen LogP contribution is -2.33. The van der Waals surface area contributed by atoms with E-state index in [0.717, 1.165) is 25.5 Å². The summed E-state index contributed by atoms with van der Waals surface area (Å²) in [7, 11) is 1.38. The van der Waals surface area contributed by atoms with E-state index in [1.807, 2.05) is 6.92 Å². The quantitative estimate of drug-likeness (QED) is 0.879. The van der Waals surface area contributed by atoms with Crippen molar-refractivity contribution in [2.45, 2.75) is 31.5 Å². The molecule has 0 spiro atoms. The van der Waals surface area contributed by atoms with Crippen molar-refractivity contribution in [3.8, 4) is 5.75 Å². The van der Waals surface area contributed by atoms with Crippen LogP contribution in [0.3, 0.4) is 0 Å². The molecule has 0 saturated carbocycles. The van der Waals surface area contributed by atoms with Crippen LogP contribution in [0.15, 0.2) is 18.2 Å². The van der Waals surface area contributed by atoms with Gasteiger partial charge in [-0.3, -0.25) is 0 Å². The van der Waals surface area contributed by atoms with Gasteiger partial charge in [-0.15, -0.1) is 0 Å². The van der Waals surface area contributed by atoms with Gasteiger partial charge in [-0.2, -0.15) is 13.2 Å².